The quantitative estimate of drug-likeness (QED) is 0.715. The fraction of sp³-hybridized carbons (Fsp3) is 0.250. The number of hydrogen-bond acceptors (Lipinski definition) is 2. The lowest BCUT2D eigenvalue weighted by atomic mass is 10.2. The van der Waals surface area contributed by atoms with Crippen molar-refractivity contribution in [2.24, 2.45) is 0 Å². The average molecular weight is 393 g/mol. The van der Waals surface area contributed by atoms with Crippen LogP contribution in [0, 0.1) is 5.82 Å². The van der Waals surface area contributed by atoms with Gasteiger partial charge in [0.15, 0.2) is 0 Å². The van der Waals surface area contributed by atoms with Crippen LogP contribution in [-0.2, 0) is 11.3 Å². The van der Waals surface area contributed by atoms with E-state index in [4.69, 9.17) is 23.2 Å². The highest BCUT2D eigenvalue weighted by Crippen LogP contribution is 2.23. The number of hydrogen-bond donors (Lipinski definition) is 0. The Morgan fingerprint density at radius 3 is 2.35 bits per heavy atom. The first-order valence-corrected chi connectivity index (χ1v) is 9.16. The van der Waals surface area contributed by atoms with Gasteiger partial charge in [0, 0.05) is 38.8 Å². The molecule has 3 nitrogen and oxygen atoms in total. The van der Waals surface area contributed by atoms with Crippen molar-refractivity contribution >= 4 is 35.2 Å². The van der Waals surface area contributed by atoms with E-state index in [1.165, 1.54) is 12.1 Å². The van der Waals surface area contributed by atoms with Gasteiger partial charge in [-0.1, -0.05) is 41.4 Å². The fourth-order valence-corrected chi connectivity index (χ4v) is 3.17. The van der Waals surface area contributed by atoms with Gasteiger partial charge in [-0.25, -0.2) is 4.39 Å². The molecule has 1 aliphatic rings. The molecule has 2 aromatic carbocycles. The van der Waals surface area contributed by atoms with Crippen LogP contribution in [0.3, 0.4) is 0 Å². The Morgan fingerprint density at radius 2 is 1.69 bits per heavy atom. The minimum atomic E-state index is -0.224. The zero-order valence-electron chi connectivity index (χ0n) is 14.2. The number of carbonyl (C=O) groups is 1. The molecular formula is C20H19Cl2FN2O. The smallest absolute Gasteiger partial charge is 0.246 e. The first kappa shape index (κ1) is 18.9. The minimum absolute atomic E-state index is 0.0162. The third-order valence-corrected chi connectivity index (χ3v) is 5.10. The highest BCUT2D eigenvalue weighted by molar-refractivity contribution is 6.42. The van der Waals surface area contributed by atoms with Crippen molar-refractivity contribution in [1.82, 2.24) is 9.80 Å². The van der Waals surface area contributed by atoms with Gasteiger partial charge in [0.2, 0.25) is 5.91 Å². The number of amides is 1. The first-order chi connectivity index (χ1) is 12.5. The van der Waals surface area contributed by atoms with Crippen LogP contribution in [0.25, 0.3) is 6.08 Å². The summed E-state index contributed by atoms with van der Waals surface area (Å²) in [6.07, 6.45) is 3.31. The Balaban J connectivity index is 1.50. The fourth-order valence-electron chi connectivity index (χ4n) is 2.86. The molecule has 0 saturated carbocycles. The normalized spacial score (nSPS) is 15.6. The zero-order valence-corrected chi connectivity index (χ0v) is 15.7. The van der Waals surface area contributed by atoms with Crippen LogP contribution < -0.4 is 0 Å². The van der Waals surface area contributed by atoms with Crippen molar-refractivity contribution in [3.63, 3.8) is 0 Å². The van der Waals surface area contributed by atoms with E-state index in [1.807, 2.05) is 11.0 Å². The SMILES string of the molecule is O=C(C=Cc1ccc(Cl)c(Cl)c1)N1CCN(Cc2ccc(F)cc2)CC1. The van der Waals surface area contributed by atoms with E-state index in [2.05, 4.69) is 4.90 Å². The zero-order chi connectivity index (χ0) is 18.5. The number of halogens is 3. The molecule has 6 heteroatoms. The van der Waals surface area contributed by atoms with Crippen LogP contribution in [0.5, 0.6) is 0 Å². The predicted molar refractivity (Wildman–Crippen MR) is 104 cm³/mol. The third-order valence-electron chi connectivity index (χ3n) is 4.37. The lowest BCUT2D eigenvalue weighted by molar-refractivity contribution is -0.127. The summed E-state index contributed by atoms with van der Waals surface area (Å²) in [6, 6.07) is 11.8. The molecule has 0 unspecified atom stereocenters. The summed E-state index contributed by atoms with van der Waals surface area (Å²) in [4.78, 5) is 16.4. The number of carbonyl (C=O) groups excluding carboxylic acids is 1. The highest BCUT2D eigenvalue weighted by Gasteiger charge is 2.19. The molecule has 1 aliphatic heterocycles. The summed E-state index contributed by atoms with van der Waals surface area (Å²) in [5, 5.41) is 0.961. The molecule has 0 aromatic heterocycles. The van der Waals surface area contributed by atoms with Crippen molar-refractivity contribution in [2.45, 2.75) is 6.54 Å². The second-order valence-electron chi connectivity index (χ2n) is 6.23. The van der Waals surface area contributed by atoms with Crippen LogP contribution in [0.15, 0.2) is 48.5 Å². The third kappa shape index (κ3) is 5.07. The number of nitrogens with zero attached hydrogens (tertiary/aromatic N) is 2. The van der Waals surface area contributed by atoms with Gasteiger partial charge < -0.3 is 4.90 Å². The number of benzene rings is 2. The standard InChI is InChI=1S/C20H19Cl2FN2O/c21-18-7-3-15(13-19(18)22)4-8-20(26)25-11-9-24(10-12-25)14-16-1-5-17(23)6-2-16/h1-8,13H,9-12,14H2. The first-order valence-electron chi connectivity index (χ1n) is 8.40. The van der Waals surface area contributed by atoms with Crippen molar-refractivity contribution in [3.8, 4) is 0 Å². The van der Waals surface area contributed by atoms with E-state index in [-0.39, 0.29) is 11.7 Å². The highest BCUT2D eigenvalue weighted by atomic mass is 35.5. The Bertz CT molecular complexity index is 800. The molecular weight excluding hydrogens is 374 g/mol. The van der Waals surface area contributed by atoms with E-state index < -0.39 is 0 Å². The largest absolute Gasteiger partial charge is 0.337 e. The average Bonchev–Trinajstić information content (AvgIpc) is 2.65. The molecule has 3 rings (SSSR count). The molecule has 0 spiro atoms. The molecule has 26 heavy (non-hydrogen) atoms. The van der Waals surface area contributed by atoms with Crippen molar-refractivity contribution in [3.05, 3.63) is 75.5 Å². The molecule has 1 amide bonds. The Hall–Kier alpha value is -1.88. The van der Waals surface area contributed by atoms with Gasteiger partial charge in [-0.3, -0.25) is 9.69 Å². The maximum atomic E-state index is 13.0. The van der Waals surface area contributed by atoms with Gasteiger partial charge >= 0.3 is 0 Å². The summed E-state index contributed by atoms with van der Waals surface area (Å²) in [6.45, 7) is 3.70. The van der Waals surface area contributed by atoms with E-state index in [1.54, 1.807) is 36.4 Å². The lowest BCUT2D eigenvalue weighted by Crippen LogP contribution is -2.47. The minimum Gasteiger partial charge on any atom is -0.337 e. The second kappa shape index (κ2) is 8.67. The van der Waals surface area contributed by atoms with Gasteiger partial charge in [-0.15, -0.1) is 0 Å². The van der Waals surface area contributed by atoms with Crippen molar-refractivity contribution in [1.29, 1.82) is 0 Å². The summed E-state index contributed by atoms with van der Waals surface area (Å²) < 4.78 is 13.0. The predicted octanol–water partition coefficient (Wildman–Crippen LogP) is 4.49. The Labute approximate surface area is 162 Å². The molecule has 1 fully saturated rings. The summed E-state index contributed by atoms with van der Waals surface area (Å²) >= 11 is 11.9. The molecule has 1 saturated heterocycles. The van der Waals surface area contributed by atoms with E-state index in [0.717, 1.165) is 30.8 Å². The summed E-state index contributed by atoms with van der Waals surface area (Å²) in [5.41, 5.74) is 1.91. The maximum Gasteiger partial charge on any atom is 0.246 e. The summed E-state index contributed by atoms with van der Waals surface area (Å²) in [7, 11) is 0. The van der Waals surface area contributed by atoms with Crippen LogP contribution in [-0.4, -0.2) is 41.9 Å². The van der Waals surface area contributed by atoms with Crippen LogP contribution in [0.2, 0.25) is 10.0 Å². The molecule has 0 aliphatic carbocycles. The van der Waals surface area contributed by atoms with Gasteiger partial charge in [0.05, 0.1) is 10.0 Å². The van der Waals surface area contributed by atoms with Crippen molar-refractivity contribution < 1.29 is 9.18 Å². The van der Waals surface area contributed by atoms with E-state index in [9.17, 15) is 9.18 Å². The van der Waals surface area contributed by atoms with Gasteiger partial charge in [0.1, 0.15) is 5.82 Å². The summed E-state index contributed by atoms with van der Waals surface area (Å²) in [5.74, 6) is -0.240. The number of piperazine rings is 1. The molecule has 136 valence electrons. The molecule has 0 N–H and O–H groups in total. The molecule has 1 heterocycles. The van der Waals surface area contributed by atoms with Gasteiger partial charge in [-0.2, -0.15) is 0 Å². The van der Waals surface area contributed by atoms with Crippen LogP contribution in [0.1, 0.15) is 11.1 Å². The Morgan fingerprint density at radius 1 is 1.00 bits per heavy atom. The van der Waals surface area contributed by atoms with E-state index in [0.29, 0.717) is 23.1 Å². The number of rotatable bonds is 4. The molecule has 0 radical (unpaired) electrons. The Kier molecular flexibility index (Phi) is 6.30. The topological polar surface area (TPSA) is 23.6 Å². The maximum absolute atomic E-state index is 13.0. The molecule has 0 bridgehead atoms. The van der Waals surface area contributed by atoms with Crippen LogP contribution >= 0.6 is 23.2 Å². The van der Waals surface area contributed by atoms with Crippen LogP contribution in [0.4, 0.5) is 4.39 Å². The van der Waals surface area contributed by atoms with Gasteiger partial charge in [-0.05, 0) is 41.5 Å². The monoisotopic (exact) mass is 392 g/mol. The van der Waals surface area contributed by atoms with Crippen molar-refractivity contribution in [2.75, 3.05) is 26.2 Å². The molecule has 2 aromatic rings. The second-order valence-corrected chi connectivity index (χ2v) is 7.05. The molecule has 0 atom stereocenters. The van der Waals surface area contributed by atoms with E-state index >= 15 is 0 Å². The lowest BCUT2D eigenvalue weighted by Gasteiger charge is -2.34. The van der Waals surface area contributed by atoms with Gasteiger partial charge in [0.25, 0.3) is 0 Å².